The molecule has 0 aromatic heterocycles. The van der Waals surface area contributed by atoms with E-state index in [9.17, 15) is 0 Å². The average molecular weight is 290 g/mol. The van der Waals surface area contributed by atoms with E-state index in [-0.39, 0.29) is 6.04 Å². The van der Waals surface area contributed by atoms with Gasteiger partial charge >= 0.3 is 0 Å². The van der Waals surface area contributed by atoms with Gasteiger partial charge in [0.15, 0.2) is 0 Å². The Morgan fingerprint density at radius 2 is 1.75 bits per heavy atom. The molecule has 0 saturated carbocycles. The molecule has 0 heterocycles. The summed E-state index contributed by atoms with van der Waals surface area (Å²) in [6.45, 7) is 4.12. The zero-order valence-corrected chi connectivity index (χ0v) is 12.7. The fourth-order valence-corrected chi connectivity index (χ4v) is 2.17. The molecule has 2 N–H and O–H groups in total. The van der Waals surface area contributed by atoms with Crippen molar-refractivity contribution in [2.24, 2.45) is 5.73 Å². The van der Waals surface area contributed by atoms with E-state index in [2.05, 4.69) is 6.92 Å². The summed E-state index contributed by atoms with van der Waals surface area (Å²) in [6.07, 6.45) is 1.73. The van der Waals surface area contributed by atoms with Crippen LogP contribution in [0.25, 0.3) is 0 Å². The van der Waals surface area contributed by atoms with E-state index in [4.69, 9.17) is 22.1 Å². The Kier molecular flexibility index (Phi) is 5.05. The van der Waals surface area contributed by atoms with Gasteiger partial charge in [0.1, 0.15) is 11.5 Å². The molecule has 1 unspecified atom stereocenters. The van der Waals surface area contributed by atoms with Crippen LogP contribution in [0.15, 0.2) is 42.5 Å². The SMILES string of the molecule is CCC(N)Cc1ccc(Oc2ccc(C)cc2)cc1Cl. The van der Waals surface area contributed by atoms with Gasteiger partial charge < -0.3 is 10.5 Å². The second-order valence-electron chi connectivity index (χ2n) is 5.04. The molecule has 3 heteroatoms. The van der Waals surface area contributed by atoms with Crippen LogP contribution in [0, 0.1) is 6.92 Å². The summed E-state index contributed by atoms with van der Waals surface area (Å²) in [5.41, 5.74) is 8.23. The summed E-state index contributed by atoms with van der Waals surface area (Å²) in [5.74, 6) is 1.55. The number of halogens is 1. The third kappa shape index (κ3) is 3.99. The van der Waals surface area contributed by atoms with Gasteiger partial charge in [0.2, 0.25) is 0 Å². The highest BCUT2D eigenvalue weighted by Crippen LogP contribution is 2.27. The monoisotopic (exact) mass is 289 g/mol. The lowest BCUT2D eigenvalue weighted by Crippen LogP contribution is -2.21. The first-order valence-corrected chi connectivity index (χ1v) is 7.25. The zero-order valence-electron chi connectivity index (χ0n) is 11.9. The largest absolute Gasteiger partial charge is 0.457 e. The molecule has 20 heavy (non-hydrogen) atoms. The minimum absolute atomic E-state index is 0.149. The zero-order chi connectivity index (χ0) is 14.5. The molecule has 0 aliphatic rings. The average Bonchev–Trinajstić information content (AvgIpc) is 2.44. The van der Waals surface area contributed by atoms with Gasteiger partial charge in [-0.2, -0.15) is 0 Å². The van der Waals surface area contributed by atoms with E-state index < -0.39 is 0 Å². The van der Waals surface area contributed by atoms with Crippen molar-refractivity contribution in [2.45, 2.75) is 32.7 Å². The van der Waals surface area contributed by atoms with Gasteiger partial charge in [0.05, 0.1) is 0 Å². The molecule has 0 bridgehead atoms. The standard InChI is InChI=1S/C17H20ClNO/c1-3-14(19)10-13-6-9-16(11-17(13)18)20-15-7-4-12(2)5-8-15/h4-9,11,14H,3,10,19H2,1-2H3. The van der Waals surface area contributed by atoms with Gasteiger partial charge in [-0.1, -0.05) is 42.3 Å². The van der Waals surface area contributed by atoms with Crippen LogP contribution >= 0.6 is 11.6 Å². The molecule has 2 nitrogen and oxygen atoms in total. The highest BCUT2D eigenvalue weighted by Gasteiger charge is 2.07. The first-order chi connectivity index (χ1) is 9.58. The van der Waals surface area contributed by atoms with Crippen molar-refractivity contribution < 1.29 is 4.74 Å². The summed E-state index contributed by atoms with van der Waals surface area (Å²) in [5, 5.41) is 0.707. The number of ether oxygens (including phenoxy) is 1. The maximum Gasteiger partial charge on any atom is 0.128 e. The molecule has 0 spiro atoms. The molecule has 0 radical (unpaired) electrons. The quantitative estimate of drug-likeness (QED) is 0.864. The number of aryl methyl sites for hydroxylation is 1. The Hall–Kier alpha value is -1.51. The number of benzene rings is 2. The number of hydrogen-bond donors (Lipinski definition) is 1. The molecular weight excluding hydrogens is 270 g/mol. The van der Waals surface area contributed by atoms with E-state index in [1.807, 2.05) is 49.4 Å². The second-order valence-corrected chi connectivity index (χ2v) is 5.45. The van der Waals surface area contributed by atoms with Crippen LogP contribution in [-0.2, 0) is 6.42 Å². The molecule has 2 rings (SSSR count). The van der Waals surface area contributed by atoms with E-state index >= 15 is 0 Å². The molecular formula is C17H20ClNO. The summed E-state index contributed by atoms with van der Waals surface area (Å²) >= 11 is 6.29. The van der Waals surface area contributed by atoms with E-state index in [1.54, 1.807) is 0 Å². The maximum atomic E-state index is 6.29. The maximum absolute atomic E-state index is 6.29. The number of hydrogen-bond acceptors (Lipinski definition) is 2. The summed E-state index contributed by atoms with van der Waals surface area (Å²) in [6, 6.07) is 13.9. The van der Waals surface area contributed by atoms with Crippen LogP contribution in [0.5, 0.6) is 11.5 Å². The molecule has 0 aliphatic heterocycles. The van der Waals surface area contributed by atoms with Crippen molar-refractivity contribution in [1.82, 2.24) is 0 Å². The van der Waals surface area contributed by atoms with Crippen LogP contribution in [0.2, 0.25) is 5.02 Å². The van der Waals surface area contributed by atoms with Gasteiger partial charge in [-0.25, -0.2) is 0 Å². The van der Waals surface area contributed by atoms with Crippen molar-refractivity contribution in [3.05, 3.63) is 58.6 Å². The molecule has 0 amide bonds. The molecule has 1 atom stereocenters. The van der Waals surface area contributed by atoms with Gasteiger partial charge in [-0.05, 0) is 49.6 Å². The minimum atomic E-state index is 0.149. The second kappa shape index (κ2) is 6.78. The van der Waals surface area contributed by atoms with Crippen molar-refractivity contribution >= 4 is 11.6 Å². The summed E-state index contributed by atoms with van der Waals surface area (Å²) in [4.78, 5) is 0. The predicted molar refractivity (Wildman–Crippen MR) is 84.7 cm³/mol. The molecule has 0 saturated heterocycles. The Bertz CT molecular complexity index is 566. The third-order valence-electron chi connectivity index (χ3n) is 3.29. The molecule has 0 aliphatic carbocycles. The lowest BCUT2D eigenvalue weighted by atomic mass is 10.0. The van der Waals surface area contributed by atoms with Crippen molar-refractivity contribution in [2.75, 3.05) is 0 Å². The molecule has 2 aromatic carbocycles. The van der Waals surface area contributed by atoms with E-state index in [0.717, 1.165) is 29.9 Å². The lowest BCUT2D eigenvalue weighted by molar-refractivity contribution is 0.482. The fourth-order valence-electron chi connectivity index (χ4n) is 1.93. The Morgan fingerprint density at radius 3 is 2.35 bits per heavy atom. The number of nitrogens with two attached hydrogens (primary N) is 1. The number of rotatable bonds is 5. The first kappa shape index (κ1) is 14.9. The predicted octanol–water partition coefficient (Wildman–Crippen LogP) is 4.72. The highest BCUT2D eigenvalue weighted by atomic mass is 35.5. The Morgan fingerprint density at radius 1 is 1.10 bits per heavy atom. The topological polar surface area (TPSA) is 35.2 Å². The third-order valence-corrected chi connectivity index (χ3v) is 3.64. The van der Waals surface area contributed by atoms with Gasteiger partial charge in [-0.15, -0.1) is 0 Å². The lowest BCUT2D eigenvalue weighted by Gasteiger charge is -2.12. The van der Waals surface area contributed by atoms with Gasteiger partial charge in [0, 0.05) is 11.1 Å². The van der Waals surface area contributed by atoms with Crippen LogP contribution in [0.1, 0.15) is 24.5 Å². The summed E-state index contributed by atoms with van der Waals surface area (Å²) in [7, 11) is 0. The summed E-state index contributed by atoms with van der Waals surface area (Å²) < 4.78 is 5.78. The normalized spacial score (nSPS) is 12.2. The van der Waals surface area contributed by atoms with Crippen LogP contribution in [0.4, 0.5) is 0 Å². The van der Waals surface area contributed by atoms with Crippen LogP contribution < -0.4 is 10.5 Å². The van der Waals surface area contributed by atoms with Crippen molar-refractivity contribution in [3.63, 3.8) is 0 Å². The smallest absolute Gasteiger partial charge is 0.128 e. The first-order valence-electron chi connectivity index (χ1n) is 6.87. The molecule has 2 aromatic rings. The Labute approximate surface area is 125 Å². The van der Waals surface area contributed by atoms with Crippen molar-refractivity contribution in [1.29, 1.82) is 0 Å². The molecule has 106 valence electrons. The van der Waals surface area contributed by atoms with E-state index in [1.165, 1.54) is 5.56 Å². The van der Waals surface area contributed by atoms with Crippen molar-refractivity contribution in [3.8, 4) is 11.5 Å². The van der Waals surface area contributed by atoms with Crippen LogP contribution in [-0.4, -0.2) is 6.04 Å². The fraction of sp³-hybridized carbons (Fsp3) is 0.294. The minimum Gasteiger partial charge on any atom is -0.457 e. The highest BCUT2D eigenvalue weighted by molar-refractivity contribution is 6.31. The Balaban J connectivity index is 2.10. The van der Waals surface area contributed by atoms with Crippen LogP contribution in [0.3, 0.4) is 0 Å². The van der Waals surface area contributed by atoms with E-state index in [0.29, 0.717) is 5.02 Å². The molecule has 0 fully saturated rings. The van der Waals surface area contributed by atoms with Gasteiger partial charge in [0.25, 0.3) is 0 Å². The van der Waals surface area contributed by atoms with Gasteiger partial charge in [-0.3, -0.25) is 0 Å².